The zero-order chi connectivity index (χ0) is 9.26. The van der Waals surface area contributed by atoms with E-state index < -0.39 is 0 Å². The first-order valence-electron chi connectivity index (χ1n) is 4.69. The van der Waals surface area contributed by atoms with Crippen molar-refractivity contribution < 1.29 is 5.11 Å². The monoisotopic (exact) mass is 174 g/mol. The molecule has 1 aromatic rings. The molecule has 1 nitrogen and oxygen atoms in total. The van der Waals surface area contributed by atoms with E-state index in [4.69, 9.17) is 0 Å². The second-order valence-corrected chi connectivity index (χ2v) is 3.65. The Labute approximate surface area is 78.7 Å². The highest BCUT2D eigenvalue weighted by Crippen LogP contribution is 2.33. The summed E-state index contributed by atoms with van der Waals surface area (Å²) < 4.78 is 0. The average Bonchev–Trinajstić information content (AvgIpc) is 2.18. The van der Waals surface area contributed by atoms with Gasteiger partial charge in [0.25, 0.3) is 0 Å². The number of aliphatic hydroxyl groups is 1. The summed E-state index contributed by atoms with van der Waals surface area (Å²) in [6, 6.07) is 8.11. The van der Waals surface area contributed by atoms with Crippen molar-refractivity contribution in [3.63, 3.8) is 0 Å². The van der Waals surface area contributed by atoms with Gasteiger partial charge in [-0.3, -0.25) is 0 Å². The Kier molecular flexibility index (Phi) is 2.19. The first kappa shape index (κ1) is 8.52. The molecule has 0 bridgehead atoms. The van der Waals surface area contributed by atoms with Gasteiger partial charge in [-0.05, 0) is 29.9 Å². The SMILES string of the molecule is C=CC1Cc2ccccc2C(O)C1. The number of aliphatic hydroxyl groups excluding tert-OH is 1. The van der Waals surface area contributed by atoms with E-state index in [0.29, 0.717) is 5.92 Å². The molecule has 2 atom stereocenters. The smallest absolute Gasteiger partial charge is 0.0798 e. The van der Waals surface area contributed by atoms with E-state index in [1.807, 2.05) is 24.3 Å². The van der Waals surface area contributed by atoms with Crippen LogP contribution in [0, 0.1) is 5.92 Å². The van der Waals surface area contributed by atoms with Crippen LogP contribution in [0.2, 0.25) is 0 Å². The third-order valence-electron chi connectivity index (χ3n) is 2.76. The van der Waals surface area contributed by atoms with Crippen molar-refractivity contribution >= 4 is 0 Å². The molecule has 0 saturated heterocycles. The summed E-state index contributed by atoms with van der Waals surface area (Å²) in [4.78, 5) is 0. The number of allylic oxidation sites excluding steroid dienone is 1. The van der Waals surface area contributed by atoms with Crippen LogP contribution in [-0.2, 0) is 6.42 Å². The van der Waals surface area contributed by atoms with Gasteiger partial charge >= 0.3 is 0 Å². The summed E-state index contributed by atoms with van der Waals surface area (Å²) in [6.45, 7) is 3.78. The Hall–Kier alpha value is -1.08. The summed E-state index contributed by atoms with van der Waals surface area (Å²) >= 11 is 0. The molecule has 2 unspecified atom stereocenters. The van der Waals surface area contributed by atoms with Crippen molar-refractivity contribution in [3.8, 4) is 0 Å². The molecule has 13 heavy (non-hydrogen) atoms. The van der Waals surface area contributed by atoms with Gasteiger partial charge in [0.2, 0.25) is 0 Å². The fourth-order valence-corrected chi connectivity index (χ4v) is 2.00. The minimum Gasteiger partial charge on any atom is -0.388 e. The Balaban J connectivity index is 2.36. The fourth-order valence-electron chi connectivity index (χ4n) is 2.00. The third-order valence-corrected chi connectivity index (χ3v) is 2.76. The second kappa shape index (κ2) is 3.35. The maximum atomic E-state index is 9.82. The Morgan fingerprint density at radius 3 is 2.92 bits per heavy atom. The average molecular weight is 174 g/mol. The van der Waals surface area contributed by atoms with Crippen LogP contribution in [0.4, 0.5) is 0 Å². The molecule has 0 saturated carbocycles. The number of benzene rings is 1. The fraction of sp³-hybridized carbons (Fsp3) is 0.333. The van der Waals surface area contributed by atoms with Crippen molar-refractivity contribution in [1.82, 2.24) is 0 Å². The number of hydrogen-bond acceptors (Lipinski definition) is 1. The van der Waals surface area contributed by atoms with Crippen LogP contribution < -0.4 is 0 Å². The second-order valence-electron chi connectivity index (χ2n) is 3.65. The molecule has 0 aliphatic heterocycles. The number of rotatable bonds is 1. The lowest BCUT2D eigenvalue weighted by molar-refractivity contribution is 0.142. The summed E-state index contributed by atoms with van der Waals surface area (Å²) in [6.07, 6.45) is 3.49. The minimum atomic E-state index is -0.298. The van der Waals surface area contributed by atoms with Crippen LogP contribution in [0.25, 0.3) is 0 Å². The maximum absolute atomic E-state index is 9.82. The molecule has 1 N–H and O–H groups in total. The number of fused-ring (bicyclic) bond motifs is 1. The van der Waals surface area contributed by atoms with E-state index in [1.165, 1.54) is 5.56 Å². The molecule has 1 aliphatic rings. The van der Waals surface area contributed by atoms with Gasteiger partial charge in [0.1, 0.15) is 0 Å². The standard InChI is InChI=1S/C12H14O/c1-2-9-7-10-5-3-4-6-11(10)12(13)8-9/h2-6,9,12-13H,1,7-8H2. The predicted octanol–water partition coefficient (Wildman–Crippen LogP) is 2.47. The van der Waals surface area contributed by atoms with E-state index >= 15 is 0 Å². The summed E-state index contributed by atoms with van der Waals surface area (Å²) in [5, 5.41) is 9.82. The van der Waals surface area contributed by atoms with E-state index in [0.717, 1.165) is 18.4 Å². The van der Waals surface area contributed by atoms with Crippen molar-refractivity contribution in [1.29, 1.82) is 0 Å². The lowest BCUT2D eigenvalue weighted by Gasteiger charge is -2.26. The highest BCUT2D eigenvalue weighted by atomic mass is 16.3. The molecular weight excluding hydrogens is 160 g/mol. The largest absolute Gasteiger partial charge is 0.388 e. The highest BCUT2D eigenvalue weighted by molar-refractivity contribution is 5.32. The zero-order valence-corrected chi connectivity index (χ0v) is 7.61. The summed E-state index contributed by atoms with van der Waals surface area (Å²) in [7, 11) is 0. The molecule has 0 spiro atoms. The molecule has 1 aromatic carbocycles. The molecule has 0 heterocycles. The maximum Gasteiger partial charge on any atom is 0.0798 e. The van der Waals surface area contributed by atoms with Crippen LogP contribution in [0.3, 0.4) is 0 Å². The Morgan fingerprint density at radius 1 is 1.38 bits per heavy atom. The first-order valence-corrected chi connectivity index (χ1v) is 4.69. The van der Waals surface area contributed by atoms with Crippen LogP contribution in [0.1, 0.15) is 23.7 Å². The first-order chi connectivity index (χ1) is 6.31. The van der Waals surface area contributed by atoms with Gasteiger partial charge in [-0.25, -0.2) is 0 Å². The molecule has 1 heteroatoms. The molecule has 1 aliphatic carbocycles. The van der Waals surface area contributed by atoms with Crippen LogP contribution in [0.15, 0.2) is 36.9 Å². The molecule has 0 fully saturated rings. The van der Waals surface area contributed by atoms with Gasteiger partial charge in [0, 0.05) is 0 Å². The lowest BCUT2D eigenvalue weighted by Crippen LogP contribution is -2.16. The van der Waals surface area contributed by atoms with Crippen LogP contribution in [-0.4, -0.2) is 5.11 Å². The zero-order valence-electron chi connectivity index (χ0n) is 7.61. The molecule has 68 valence electrons. The molecular formula is C12H14O. The Bertz CT molecular complexity index is 317. The third kappa shape index (κ3) is 1.52. The molecule has 0 radical (unpaired) electrons. The quantitative estimate of drug-likeness (QED) is 0.648. The van der Waals surface area contributed by atoms with Crippen molar-refractivity contribution in [2.45, 2.75) is 18.9 Å². The van der Waals surface area contributed by atoms with Crippen molar-refractivity contribution in [2.75, 3.05) is 0 Å². The summed E-state index contributed by atoms with van der Waals surface area (Å²) in [5.41, 5.74) is 2.37. The van der Waals surface area contributed by atoms with Gasteiger partial charge < -0.3 is 5.11 Å². The molecule has 2 rings (SSSR count). The van der Waals surface area contributed by atoms with Gasteiger partial charge in [-0.1, -0.05) is 30.3 Å². The topological polar surface area (TPSA) is 20.2 Å². The van der Waals surface area contributed by atoms with Crippen LogP contribution in [0.5, 0.6) is 0 Å². The van der Waals surface area contributed by atoms with E-state index in [-0.39, 0.29) is 6.10 Å². The van der Waals surface area contributed by atoms with Gasteiger partial charge in [0.15, 0.2) is 0 Å². The van der Waals surface area contributed by atoms with Gasteiger partial charge in [0.05, 0.1) is 6.10 Å². The lowest BCUT2D eigenvalue weighted by atomic mass is 9.82. The van der Waals surface area contributed by atoms with Crippen LogP contribution >= 0.6 is 0 Å². The van der Waals surface area contributed by atoms with E-state index in [1.54, 1.807) is 0 Å². The minimum absolute atomic E-state index is 0.298. The highest BCUT2D eigenvalue weighted by Gasteiger charge is 2.22. The van der Waals surface area contributed by atoms with Crippen molar-refractivity contribution in [2.24, 2.45) is 5.92 Å². The normalized spacial score (nSPS) is 26.5. The van der Waals surface area contributed by atoms with Crippen molar-refractivity contribution in [3.05, 3.63) is 48.0 Å². The Morgan fingerprint density at radius 2 is 2.15 bits per heavy atom. The van der Waals surface area contributed by atoms with E-state index in [9.17, 15) is 5.11 Å². The molecule has 0 amide bonds. The number of hydrogen-bond donors (Lipinski definition) is 1. The molecule has 0 aromatic heterocycles. The predicted molar refractivity (Wildman–Crippen MR) is 53.4 cm³/mol. The van der Waals surface area contributed by atoms with E-state index in [2.05, 4.69) is 12.6 Å². The van der Waals surface area contributed by atoms with Gasteiger partial charge in [-0.15, -0.1) is 6.58 Å². The van der Waals surface area contributed by atoms with Gasteiger partial charge in [-0.2, -0.15) is 0 Å². The summed E-state index contributed by atoms with van der Waals surface area (Å²) in [5.74, 6) is 0.435.